The highest BCUT2D eigenvalue weighted by molar-refractivity contribution is 5.72. The molecule has 0 spiro atoms. The molecule has 0 aliphatic carbocycles. The van der Waals surface area contributed by atoms with Crippen LogP contribution in [0.2, 0.25) is 0 Å². The second-order valence-electron chi connectivity index (χ2n) is 9.17. The van der Waals surface area contributed by atoms with Crippen molar-refractivity contribution in [2.45, 2.75) is 58.4 Å². The number of benzene rings is 2. The molecule has 0 saturated heterocycles. The van der Waals surface area contributed by atoms with E-state index in [2.05, 4.69) is 43.0 Å². The first kappa shape index (κ1) is 29.3. The average Bonchev–Trinajstić information content (AvgIpc) is 2.90. The van der Waals surface area contributed by atoms with Crippen LogP contribution in [0, 0.1) is 0 Å². The molecule has 0 heterocycles. The molecule has 7 nitrogen and oxygen atoms in total. The van der Waals surface area contributed by atoms with E-state index in [1.54, 1.807) is 26.2 Å². The first-order valence-corrected chi connectivity index (χ1v) is 13.1. The second kappa shape index (κ2) is 15.9. The van der Waals surface area contributed by atoms with Gasteiger partial charge in [-0.1, -0.05) is 50.6 Å². The molecule has 2 N–H and O–H groups in total. The SMILES string of the molecule is CCCCN(CCC)CCC(CCN(Cc1cc(OC)c(OC)c(OC)c1)C(N)=O)c1ccccc1. The first-order chi connectivity index (χ1) is 17.5. The van der Waals surface area contributed by atoms with Gasteiger partial charge in [0.1, 0.15) is 0 Å². The molecular formula is C29H45N3O4. The van der Waals surface area contributed by atoms with Gasteiger partial charge in [-0.05, 0) is 74.5 Å². The summed E-state index contributed by atoms with van der Waals surface area (Å²) >= 11 is 0. The van der Waals surface area contributed by atoms with Crippen LogP contribution in [-0.4, -0.2) is 63.3 Å². The summed E-state index contributed by atoms with van der Waals surface area (Å²) in [7, 11) is 4.74. The lowest BCUT2D eigenvalue weighted by atomic mass is 9.92. The molecule has 0 fully saturated rings. The Morgan fingerprint density at radius 3 is 2.03 bits per heavy atom. The molecular weight excluding hydrogens is 454 g/mol. The van der Waals surface area contributed by atoms with Gasteiger partial charge in [0.15, 0.2) is 11.5 Å². The molecule has 0 radical (unpaired) electrons. The lowest BCUT2D eigenvalue weighted by molar-refractivity contribution is 0.200. The summed E-state index contributed by atoms with van der Waals surface area (Å²) < 4.78 is 16.4. The lowest BCUT2D eigenvalue weighted by Crippen LogP contribution is -2.36. The predicted octanol–water partition coefficient (Wildman–Crippen LogP) is 5.67. The Labute approximate surface area is 217 Å². The molecule has 7 heteroatoms. The number of unbranched alkanes of at least 4 members (excludes halogenated alkanes) is 1. The van der Waals surface area contributed by atoms with E-state index < -0.39 is 6.03 Å². The molecule has 2 aromatic rings. The number of ether oxygens (including phenoxy) is 3. The number of rotatable bonds is 17. The molecule has 0 bridgehead atoms. The zero-order chi connectivity index (χ0) is 26.3. The molecule has 0 aromatic heterocycles. The van der Waals surface area contributed by atoms with Crippen LogP contribution in [0.1, 0.15) is 63.0 Å². The van der Waals surface area contributed by atoms with E-state index in [0.29, 0.717) is 36.3 Å². The number of carbonyl (C=O) groups is 1. The van der Waals surface area contributed by atoms with Crippen molar-refractivity contribution < 1.29 is 19.0 Å². The first-order valence-electron chi connectivity index (χ1n) is 13.1. The van der Waals surface area contributed by atoms with Crippen molar-refractivity contribution in [1.82, 2.24) is 9.80 Å². The van der Waals surface area contributed by atoms with Crippen LogP contribution in [0.3, 0.4) is 0 Å². The number of hydrogen-bond acceptors (Lipinski definition) is 5. The van der Waals surface area contributed by atoms with Gasteiger partial charge in [-0.2, -0.15) is 0 Å². The van der Waals surface area contributed by atoms with Crippen molar-refractivity contribution in [1.29, 1.82) is 0 Å². The van der Waals surface area contributed by atoms with E-state index in [4.69, 9.17) is 19.9 Å². The lowest BCUT2D eigenvalue weighted by Gasteiger charge is -2.27. The Hall–Kier alpha value is -2.93. The van der Waals surface area contributed by atoms with Gasteiger partial charge >= 0.3 is 6.03 Å². The van der Waals surface area contributed by atoms with Gasteiger partial charge < -0.3 is 29.7 Å². The maximum Gasteiger partial charge on any atom is 0.315 e. The highest BCUT2D eigenvalue weighted by atomic mass is 16.5. The topological polar surface area (TPSA) is 77.3 Å². The van der Waals surface area contributed by atoms with Crippen LogP contribution in [0.5, 0.6) is 17.2 Å². The van der Waals surface area contributed by atoms with Gasteiger partial charge in [-0.3, -0.25) is 0 Å². The number of urea groups is 1. The normalized spacial score (nSPS) is 11.8. The molecule has 2 rings (SSSR count). The maximum absolute atomic E-state index is 12.4. The third-order valence-electron chi connectivity index (χ3n) is 6.59. The van der Waals surface area contributed by atoms with Crippen molar-refractivity contribution in [2.24, 2.45) is 5.73 Å². The van der Waals surface area contributed by atoms with Crippen molar-refractivity contribution in [2.75, 3.05) is 47.5 Å². The molecule has 0 aliphatic heterocycles. The number of hydrogen-bond donors (Lipinski definition) is 1. The number of amides is 2. The van der Waals surface area contributed by atoms with Crippen LogP contribution in [0.15, 0.2) is 42.5 Å². The van der Waals surface area contributed by atoms with Crippen molar-refractivity contribution in [3.63, 3.8) is 0 Å². The summed E-state index contributed by atoms with van der Waals surface area (Å²) in [6.07, 6.45) is 5.47. The fraction of sp³-hybridized carbons (Fsp3) is 0.552. The minimum absolute atomic E-state index is 0.342. The highest BCUT2D eigenvalue weighted by Gasteiger charge is 2.20. The Morgan fingerprint density at radius 1 is 0.861 bits per heavy atom. The van der Waals surface area contributed by atoms with Crippen LogP contribution in [0.4, 0.5) is 4.79 Å². The zero-order valence-electron chi connectivity index (χ0n) is 22.8. The quantitative estimate of drug-likeness (QED) is 0.303. The van der Waals surface area contributed by atoms with Crippen LogP contribution < -0.4 is 19.9 Å². The van der Waals surface area contributed by atoms with Gasteiger partial charge in [0, 0.05) is 13.1 Å². The number of methoxy groups -OCH3 is 3. The fourth-order valence-corrected chi connectivity index (χ4v) is 4.60. The predicted molar refractivity (Wildman–Crippen MR) is 146 cm³/mol. The summed E-state index contributed by atoms with van der Waals surface area (Å²) in [6, 6.07) is 13.9. The highest BCUT2D eigenvalue weighted by Crippen LogP contribution is 2.38. The molecule has 200 valence electrons. The van der Waals surface area contributed by atoms with Gasteiger partial charge in [0.05, 0.1) is 21.3 Å². The van der Waals surface area contributed by atoms with E-state index in [-0.39, 0.29) is 0 Å². The minimum atomic E-state index is -0.439. The van der Waals surface area contributed by atoms with E-state index in [1.807, 2.05) is 18.2 Å². The summed E-state index contributed by atoms with van der Waals surface area (Å²) in [5, 5.41) is 0. The summed E-state index contributed by atoms with van der Waals surface area (Å²) in [4.78, 5) is 16.7. The Balaban J connectivity index is 2.16. The maximum atomic E-state index is 12.4. The van der Waals surface area contributed by atoms with Crippen molar-refractivity contribution >= 4 is 6.03 Å². The summed E-state index contributed by atoms with van der Waals surface area (Å²) in [5.74, 6) is 1.98. The molecule has 2 aromatic carbocycles. The van der Waals surface area contributed by atoms with Gasteiger partial charge in [-0.25, -0.2) is 4.79 Å². The molecule has 1 atom stereocenters. The number of nitrogens with zero attached hydrogens (tertiary/aromatic N) is 2. The standard InChI is InChI=1S/C29H45N3O4/c1-6-8-17-31(16-7-2)18-14-25(24-12-10-9-11-13-24)15-19-32(29(30)33)22-23-20-26(34-3)28(36-5)27(21-23)35-4/h9-13,20-21,25H,6-8,14-19,22H2,1-5H3,(H2,30,33). The van der Waals surface area contributed by atoms with E-state index >= 15 is 0 Å². The smallest absolute Gasteiger partial charge is 0.315 e. The van der Waals surface area contributed by atoms with Crippen LogP contribution >= 0.6 is 0 Å². The van der Waals surface area contributed by atoms with Crippen molar-refractivity contribution in [3.8, 4) is 17.2 Å². The molecule has 0 aliphatic rings. The number of nitrogens with two attached hydrogens (primary N) is 1. The molecule has 0 saturated carbocycles. The monoisotopic (exact) mass is 499 g/mol. The zero-order valence-corrected chi connectivity index (χ0v) is 22.8. The van der Waals surface area contributed by atoms with E-state index in [1.165, 1.54) is 18.4 Å². The fourth-order valence-electron chi connectivity index (χ4n) is 4.60. The Morgan fingerprint density at radius 2 is 1.50 bits per heavy atom. The molecule has 36 heavy (non-hydrogen) atoms. The summed E-state index contributed by atoms with van der Waals surface area (Å²) in [6.45, 7) is 8.72. The third-order valence-corrected chi connectivity index (χ3v) is 6.59. The molecule has 1 unspecified atom stereocenters. The molecule has 2 amide bonds. The third kappa shape index (κ3) is 8.94. The summed E-state index contributed by atoms with van der Waals surface area (Å²) in [5.41, 5.74) is 7.99. The Kier molecular flexibility index (Phi) is 13.0. The van der Waals surface area contributed by atoms with Crippen LogP contribution in [-0.2, 0) is 6.54 Å². The minimum Gasteiger partial charge on any atom is -0.493 e. The van der Waals surface area contributed by atoms with Crippen LogP contribution in [0.25, 0.3) is 0 Å². The number of carbonyl (C=O) groups excluding carboxylic acids is 1. The van der Waals surface area contributed by atoms with Gasteiger partial charge in [0.2, 0.25) is 5.75 Å². The largest absolute Gasteiger partial charge is 0.493 e. The number of primary amides is 1. The van der Waals surface area contributed by atoms with Crippen molar-refractivity contribution in [3.05, 3.63) is 53.6 Å². The van der Waals surface area contributed by atoms with Gasteiger partial charge in [0.25, 0.3) is 0 Å². The van der Waals surface area contributed by atoms with E-state index in [0.717, 1.165) is 44.5 Å². The average molecular weight is 500 g/mol. The second-order valence-corrected chi connectivity index (χ2v) is 9.17. The Bertz CT molecular complexity index is 882. The van der Waals surface area contributed by atoms with Gasteiger partial charge in [-0.15, -0.1) is 0 Å². The van der Waals surface area contributed by atoms with E-state index in [9.17, 15) is 4.79 Å².